The van der Waals surface area contributed by atoms with E-state index in [1.165, 1.54) is 6.42 Å². The molecule has 1 rings (SSSR count). The topological polar surface area (TPSA) is 58.2 Å². The molecule has 0 aromatic rings. The van der Waals surface area contributed by atoms with E-state index in [1.807, 2.05) is 0 Å². The Kier molecular flexibility index (Phi) is 5.86. The van der Waals surface area contributed by atoms with E-state index in [2.05, 4.69) is 10.6 Å². The van der Waals surface area contributed by atoms with E-state index in [-0.39, 0.29) is 11.9 Å². The lowest BCUT2D eigenvalue weighted by Crippen LogP contribution is -2.46. The van der Waals surface area contributed by atoms with E-state index >= 15 is 0 Å². The number of carbonyl (C=O) groups excluding carboxylic acids is 1. The van der Waals surface area contributed by atoms with Crippen molar-refractivity contribution >= 4 is 16.7 Å². The summed E-state index contributed by atoms with van der Waals surface area (Å²) in [7, 11) is -0.752. The third-order valence-electron chi connectivity index (χ3n) is 2.53. The highest BCUT2D eigenvalue weighted by atomic mass is 32.2. The van der Waals surface area contributed by atoms with Crippen molar-refractivity contribution in [2.75, 3.05) is 25.1 Å². The van der Waals surface area contributed by atoms with Crippen molar-refractivity contribution in [3.05, 3.63) is 0 Å². The number of amides is 1. The maximum Gasteiger partial charge on any atom is 0.237 e. The van der Waals surface area contributed by atoms with Crippen LogP contribution in [0.1, 0.15) is 25.7 Å². The molecule has 0 saturated carbocycles. The zero-order valence-corrected chi connectivity index (χ0v) is 10.1. The fraction of sp³-hybridized carbons (Fsp3) is 0.900. The van der Waals surface area contributed by atoms with Crippen molar-refractivity contribution in [1.29, 1.82) is 0 Å². The van der Waals surface area contributed by atoms with Gasteiger partial charge in [0.15, 0.2) is 0 Å². The smallest absolute Gasteiger partial charge is 0.237 e. The zero-order valence-electron chi connectivity index (χ0n) is 9.25. The number of hydrogen-bond donors (Lipinski definition) is 2. The minimum absolute atomic E-state index is 0.00845. The van der Waals surface area contributed by atoms with Crippen molar-refractivity contribution in [2.45, 2.75) is 31.7 Å². The summed E-state index contributed by atoms with van der Waals surface area (Å²) in [6.07, 6.45) is 5.71. The lowest BCUT2D eigenvalue weighted by Gasteiger charge is -2.22. The Hall–Kier alpha value is -0.420. The fourth-order valence-corrected chi connectivity index (χ4v) is 2.24. The molecule has 15 heavy (non-hydrogen) atoms. The molecule has 0 bridgehead atoms. The van der Waals surface area contributed by atoms with Gasteiger partial charge in [0.05, 0.1) is 6.04 Å². The van der Waals surface area contributed by atoms with Gasteiger partial charge in [-0.2, -0.15) is 0 Å². The van der Waals surface area contributed by atoms with Crippen LogP contribution < -0.4 is 10.6 Å². The van der Waals surface area contributed by atoms with Gasteiger partial charge in [-0.05, 0) is 25.8 Å². The standard InChI is InChI=1S/C10H20N2O2S/c1-15(14)8-4-7-12-10(13)9-5-2-3-6-11-9/h9,11H,2-8H2,1H3,(H,12,13)/t9-,15?/m0/s1. The molecule has 88 valence electrons. The largest absolute Gasteiger partial charge is 0.355 e. The maximum atomic E-state index is 11.6. The molecule has 0 spiro atoms. The summed E-state index contributed by atoms with van der Waals surface area (Å²) in [5.41, 5.74) is 0. The lowest BCUT2D eigenvalue weighted by molar-refractivity contribution is -0.123. The van der Waals surface area contributed by atoms with Crippen LogP contribution in [0.2, 0.25) is 0 Å². The highest BCUT2D eigenvalue weighted by Crippen LogP contribution is 2.06. The van der Waals surface area contributed by atoms with Gasteiger partial charge in [-0.25, -0.2) is 0 Å². The van der Waals surface area contributed by atoms with E-state index in [9.17, 15) is 9.00 Å². The van der Waals surface area contributed by atoms with E-state index in [0.29, 0.717) is 12.3 Å². The molecule has 2 atom stereocenters. The predicted octanol–water partition coefficient (Wildman–Crippen LogP) is 0.0133. The summed E-state index contributed by atoms with van der Waals surface area (Å²) in [6, 6.07) is -0.00845. The van der Waals surface area contributed by atoms with Gasteiger partial charge in [0, 0.05) is 29.4 Å². The second kappa shape index (κ2) is 6.95. The molecule has 0 aromatic heterocycles. The molecule has 1 heterocycles. The highest BCUT2D eigenvalue weighted by molar-refractivity contribution is 7.84. The quantitative estimate of drug-likeness (QED) is 0.657. The third-order valence-corrected chi connectivity index (χ3v) is 3.40. The van der Waals surface area contributed by atoms with Crippen LogP contribution in [0.25, 0.3) is 0 Å². The molecule has 1 aliphatic rings. The molecule has 1 saturated heterocycles. The first kappa shape index (κ1) is 12.6. The molecule has 4 nitrogen and oxygen atoms in total. The first-order valence-electron chi connectivity index (χ1n) is 5.51. The minimum atomic E-state index is -0.752. The molecule has 0 aromatic carbocycles. The summed E-state index contributed by atoms with van der Waals surface area (Å²) in [4.78, 5) is 11.6. The summed E-state index contributed by atoms with van der Waals surface area (Å²) in [5.74, 6) is 0.759. The number of piperidine rings is 1. The highest BCUT2D eigenvalue weighted by Gasteiger charge is 2.19. The molecule has 1 unspecified atom stereocenters. The average molecular weight is 232 g/mol. The van der Waals surface area contributed by atoms with Crippen molar-refractivity contribution < 1.29 is 9.00 Å². The first-order chi connectivity index (χ1) is 7.20. The van der Waals surface area contributed by atoms with Crippen molar-refractivity contribution in [2.24, 2.45) is 0 Å². The fourth-order valence-electron chi connectivity index (χ4n) is 1.69. The summed E-state index contributed by atoms with van der Waals surface area (Å²) in [6.45, 7) is 1.58. The Balaban J connectivity index is 2.09. The first-order valence-corrected chi connectivity index (χ1v) is 7.24. The van der Waals surface area contributed by atoms with Gasteiger partial charge in [-0.3, -0.25) is 9.00 Å². The lowest BCUT2D eigenvalue weighted by atomic mass is 10.0. The molecule has 1 aliphatic heterocycles. The number of nitrogens with one attached hydrogen (secondary N) is 2. The SMILES string of the molecule is CS(=O)CCCNC(=O)[C@@H]1CCCCN1. The molecule has 0 radical (unpaired) electrons. The third kappa shape index (κ3) is 5.28. The van der Waals surface area contributed by atoms with E-state index in [4.69, 9.17) is 0 Å². The van der Waals surface area contributed by atoms with Gasteiger partial charge >= 0.3 is 0 Å². The Morgan fingerprint density at radius 3 is 2.93 bits per heavy atom. The second-order valence-corrected chi connectivity index (χ2v) is 5.48. The number of rotatable bonds is 5. The van der Waals surface area contributed by atoms with Crippen LogP contribution in [0.3, 0.4) is 0 Å². The molecule has 5 heteroatoms. The van der Waals surface area contributed by atoms with Crippen LogP contribution in [-0.4, -0.2) is 41.3 Å². The number of hydrogen-bond acceptors (Lipinski definition) is 3. The summed E-state index contributed by atoms with van der Waals surface area (Å²) >= 11 is 0. The van der Waals surface area contributed by atoms with Gasteiger partial charge in [0.2, 0.25) is 5.91 Å². The van der Waals surface area contributed by atoms with Crippen molar-refractivity contribution in [1.82, 2.24) is 10.6 Å². The average Bonchev–Trinajstić information content (AvgIpc) is 2.25. The number of carbonyl (C=O) groups is 1. The van der Waals surface area contributed by atoms with Crippen LogP contribution in [0, 0.1) is 0 Å². The van der Waals surface area contributed by atoms with E-state index in [1.54, 1.807) is 6.26 Å². The van der Waals surface area contributed by atoms with Gasteiger partial charge in [0.25, 0.3) is 0 Å². The van der Waals surface area contributed by atoms with Gasteiger partial charge < -0.3 is 10.6 Å². The normalized spacial score (nSPS) is 23.4. The van der Waals surface area contributed by atoms with Crippen LogP contribution >= 0.6 is 0 Å². The van der Waals surface area contributed by atoms with Gasteiger partial charge in [-0.1, -0.05) is 6.42 Å². The predicted molar refractivity (Wildman–Crippen MR) is 62.2 cm³/mol. The van der Waals surface area contributed by atoms with E-state index in [0.717, 1.165) is 25.8 Å². The Bertz CT molecular complexity index is 227. The van der Waals surface area contributed by atoms with E-state index < -0.39 is 10.8 Å². The minimum Gasteiger partial charge on any atom is -0.355 e. The second-order valence-electron chi connectivity index (χ2n) is 3.92. The molecule has 1 amide bonds. The molecular formula is C10H20N2O2S. The molecular weight excluding hydrogens is 212 g/mol. The monoisotopic (exact) mass is 232 g/mol. The Morgan fingerprint density at radius 2 is 2.33 bits per heavy atom. The Morgan fingerprint density at radius 1 is 1.53 bits per heavy atom. The van der Waals surface area contributed by atoms with Crippen LogP contribution in [0.15, 0.2) is 0 Å². The maximum absolute atomic E-state index is 11.6. The van der Waals surface area contributed by atoms with Gasteiger partial charge in [0.1, 0.15) is 0 Å². The molecule has 1 fully saturated rings. The van der Waals surface area contributed by atoms with Crippen LogP contribution in [0.4, 0.5) is 0 Å². The van der Waals surface area contributed by atoms with Gasteiger partial charge in [-0.15, -0.1) is 0 Å². The summed E-state index contributed by atoms with van der Waals surface area (Å²) in [5, 5.41) is 6.07. The van der Waals surface area contributed by atoms with Crippen molar-refractivity contribution in [3.8, 4) is 0 Å². The Labute approximate surface area is 93.7 Å². The van der Waals surface area contributed by atoms with Crippen molar-refractivity contribution in [3.63, 3.8) is 0 Å². The van der Waals surface area contributed by atoms with Crippen LogP contribution in [0.5, 0.6) is 0 Å². The zero-order chi connectivity index (χ0) is 11.1. The molecule has 2 N–H and O–H groups in total. The summed E-state index contributed by atoms with van der Waals surface area (Å²) < 4.78 is 10.8. The van der Waals surface area contributed by atoms with Crippen LogP contribution in [-0.2, 0) is 15.6 Å². The molecule has 0 aliphatic carbocycles.